The molecule has 1 unspecified atom stereocenters. The molecule has 10 heteroatoms. The van der Waals surface area contributed by atoms with Crippen LogP contribution in [-0.4, -0.2) is 57.4 Å². The molecule has 2 fully saturated rings. The molecular weight excluding hydrogens is 348 g/mol. The Morgan fingerprint density at radius 3 is 2.54 bits per heavy atom. The number of rotatable bonds is 5. The predicted molar refractivity (Wildman–Crippen MR) is 81.8 cm³/mol. The Morgan fingerprint density at radius 2 is 1.96 bits per heavy atom. The van der Waals surface area contributed by atoms with E-state index in [1.807, 2.05) is 0 Å². The Labute approximate surface area is 147 Å². The lowest BCUT2D eigenvalue weighted by Gasteiger charge is -2.30. The quantitative estimate of drug-likeness (QED) is 0.570. The molecule has 0 bridgehead atoms. The topological polar surface area (TPSA) is 142 Å². The highest BCUT2D eigenvalue weighted by atomic mass is 16.7. The minimum absolute atomic E-state index is 0.177. The third-order valence-electron chi connectivity index (χ3n) is 4.16. The van der Waals surface area contributed by atoms with Crippen LogP contribution < -0.4 is 5.32 Å². The number of hydrogen-bond donors (Lipinski definition) is 3. The van der Waals surface area contributed by atoms with Crippen LogP contribution in [0.4, 0.5) is 0 Å². The zero-order chi connectivity index (χ0) is 18.9. The van der Waals surface area contributed by atoms with Gasteiger partial charge in [0.1, 0.15) is 12.6 Å². The minimum atomic E-state index is -2.24. The number of aliphatic hydroxyl groups excluding tert-OH is 1. The van der Waals surface area contributed by atoms with Crippen LogP contribution in [-0.2, 0) is 28.8 Å². The number of carbonyl (C=O) groups excluding carboxylic acids is 3. The SMILES string of the molecule is O=C1CCC(C(=O)O)(N2OC[C@H](NC(=O)[C@@H](O)c3ccccc3)C2=O)O1. The average molecular weight is 364 g/mol. The van der Waals surface area contributed by atoms with E-state index in [0.29, 0.717) is 10.6 Å². The van der Waals surface area contributed by atoms with E-state index >= 15 is 0 Å². The Morgan fingerprint density at radius 1 is 1.27 bits per heavy atom. The molecule has 10 nitrogen and oxygen atoms in total. The van der Waals surface area contributed by atoms with Crippen LogP contribution in [0.2, 0.25) is 0 Å². The van der Waals surface area contributed by atoms with Crippen molar-refractivity contribution >= 4 is 23.8 Å². The fourth-order valence-electron chi connectivity index (χ4n) is 2.79. The molecule has 138 valence electrons. The van der Waals surface area contributed by atoms with E-state index in [9.17, 15) is 29.4 Å². The second-order valence-electron chi connectivity index (χ2n) is 5.87. The van der Waals surface area contributed by atoms with Gasteiger partial charge in [-0.1, -0.05) is 30.3 Å². The number of nitrogens with one attached hydrogen (secondary N) is 1. The summed E-state index contributed by atoms with van der Waals surface area (Å²) in [6.07, 6.45) is -1.94. The maximum Gasteiger partial charge on any atom is 0.372 e. The maximum absolute atomic E-state index is 12.5. The van der Waals surface area contributed by atoms with Crippen molar-refractivity contribution in [1.29, 1.82) is 0 Å². The van der Waals surface area contributed by atoms with Crippen LogP contribution in [0.1, 0.15) is 24.5 Å². The highest BCUT2D eigenvalue weighted by Gasteiger charge is 2.59. The van der Waals surface area contributed by atoms with E-state index in [4.69, 9.17) is 9.57 Å². The van der Waals surface area contributed by atoms with Gasteiger partial charge in [-0.15, -0.1) is 0 Å². The van der Waals surface area contributed by atoms with Crippen molar-refractivity contribution < 1.29 is 39.0 Å². The van der Waals surface area contributed by atoms with Crippen molar-refractivity contribution in [1.82, 2.24) is 10.4 Å². The molecule has 26 heavy (non-hydrogen) atoms. The molecule has 3 N–H and O–H groups in total. The van der Waals surface area contributed by atoms with E-state index in [1.165, 1.54) is 0 Å². The Bertz CT molecular complexity index is 752. The normalized spacial score (nSPS) is 26.5. The van der Waals surface area contributed by atoms with Gasteiger partial charge in [0.05, 0.1) is 6.42 Å². The average Bonchev–Trinajstić information content (AvgIpc) is 3.19. The number of ether oxygens (including phenoxy) is 1. The lowest BCUT2D eigenvalue weighted by molar-refractivity contribution is -0.256. The molecular formula is C16H16N2O8. The van der Waals surface area contributed by atoms with Crippen molar-refractivity contribution in [3.05, 3.63) is 35.9 Å². The summed E-state index contributed by atoms with van der Waals surface area (Å²) in [5.41, 5.74) is -1.91. The van der Waals surface area contributed by atoms with Crippen LogP contribution in [0, 0.1) is 0 Å². The number of hydroxylamine groups is 2. The van der Waals surface area contributed by atoms with Crippen LogP contribution in [0.25, 0.3) is 0 Å². The summed E-state index contributed by atoms with van der Waals surface area (Å²) < 4.78 is 4.81. The Balaban J connectivity index is 1.70. The summed E-state index contributed by atoms with van der Waals surface area (Å²) in [5.74, 6) is -4.03. The number of benzene rings is 1. The highest BCUT2D eigenvalue weighted by Crippen LogP contribution is 2.34. The number of nitrogens with zero attached hydrogens (tertiary/aromatic N) is 1. The molecule has 0 radical (unpaired) electrons. The van der Waals surface area contributed by atoms with Gasteiger partial charge in [-0.05, 0) is 5.56 Å². The van der Waals surface area contributed by atoms with Gasteiger partial charge < -0.3 is 20.3 Å². The third kappa shape index (κ3) is 3.00. The summed E-state index contributed by atoms with van der Waals surface area (Å²) in [6, 6.07) is 6.87. The van der Waals surface area contributed by atoms with E-state index in [-0.39, 0.29) is 19.4 Å². The molecule has 0 saturated carbocycles. The Hall–Kier alpha value is -2.98. The molecule has 2 aliphatic heterocycles. The standard InChI is InChI=1S/C16H16N2O8/c19-11-6-7-16(26-11,15(23)24)18-14(22)10(8-25-18)17-13(21)12(20)9-4-2-1-3-5-9/h1-5,10,12,20H,6-8H2,(H,17,21)(H,23,24)/t10-,12-,16?/m0/s1. The summed E-state index contributed by atoms with van der Waals surface area (Å²) in [6.45, 7) is -0.349. The predicted octanol–water partition coefficient (Wildman–Crippen LogP) is -0.903. The smallest absolute Gasteiger partial charge is 0.372 e. The van der Waals surface area contributed by atoms with Crippen LogP contribution in [0.15, 0.2) is 30.3 Å². The van der Waals surface area contributed by atoms with Crippen molar-refractivity contribution in [2.24, 2.45) is 0 Å². The molecule has 2 heterocycles. The third-order valence-corrected chi connectivity index (χ3v) is 4.16. The molecule has 2 aliphatic rings. The maximum atomic E-state index is 12.5. The van der Waals surface area contributed by atoms with E-state index < -0.39 is 41.6 Å². The largest absolute Gasteiger partial charge is 0.477 e. The molecule has 3 rings (SSSR count). The lowest BCUT2D eigenvalue weighted by atomic mass is 10.1. The summed E-state index contributed by atoms with van der Waals surface area (Å²) in [7, 11) is 0. The van der Waals surface area contributed by atoms with E-state index in [1.54, 1.807) is 30.3 Å². The van der Waals surface area contributed by atoms with Gasteiger partial charge >= 0.3 is 17.7 Å². The first kappa shape index (κ1) is 17.8. The Kier molecular flexibility index (Phi) is 4.62. The number of carbonyl (C=O) groups is 4. The van der Waals surface area contributed by atoms with Crippen molar-refractivity contribution in [2.75, 3.05) is 6.61 Å². The molecule has 2 saturated heterocycles. The van der Waals surface area contributed by atoms with Crippen LogP contribution >= 0.6 is 0 Å². The minimum Gasteiger partial charge on any atom is -0.477 e. The molecule has 0 aliphatic carbocycles. The number of carboxylic acids is 1. The zero-order valence-electron chi connectivity index (χ0n) is 13.5. The number of aliphatic carboxylic acids is 1. The summed E-state index contributed by atoms with van der Waals surface area (Å²) in [5, 5.41) is 22.2. The van der Waals surface area contributed by atoms with E-state index in [2.05, 4.69) is 5.32 Å². The number of amides is 2. The number of cyclic esters (lactones) is 1. The number of hydrogen-bond acceptors (Lipinski definition) is 7. The summed E-state index contributed by atoms with van der Waals surface area (Å²) >= 11 is 0. The van der Waals surface area contributed by atoms with Gasteiger partial charge in [-0.2, -0.15) is 5.06 Å². The lowest BCUT2D eigenvalue weighted by Crippen LogP contribution is -2.56. The van der Waals surface area contributed by atoms with Crippen molar-refractivity contribution in [3.63, 3.8) is 0 Å². The van der Waals surface area contributed by atoms with Gasteiger partial charge in [0.15, 0.2) is 6.10 Å². The van der Waals surface area contributed by atoms with Gasteiger partial charge in [0, 0.05) is 6.42 Å². The monoisotopic (exact) mass is 364 g/mol. The van der Waals surface area contributed by atoms with Gasteiger partial charge in [0.2, 0.25) is 0 Å². The second-order valence-corrected chi connectivity index (χ2v) is 5.87. The van der Waals surface area contributed by atoms with E-state index in [0.717, 1.165) is 0 Å². The second kappa shape index (κ2) is 6.73. The molecule has 1 aromatic carbocycles. The fraction of sp³-hybridized carbons (Fsp3) is 0.375. The zero-order valence-corrected chi connectivity index (χ0v) is 13.5. The van der Waals surface area contributed by atoms with Crippen molar-refractivity contribution in [2.45, 2.75) is 30.7 Å². The van der Waals surface area contributed by atoms with Gasteiger partial charge in [0.25, 0.3) is 11.8 Å². The number of esters is 1. The molecule has 1 aromatic rings. The number of carboxylic acid groups (broad SMARTS) is 1. The van der Waals surface area contributed by atoms with Crippen molar-refractivity contribution in [3.8, 4) is 0 Å². The fourth-order valence-corrected chi connectivity index (χ4v) is 2.79. The van der Waals surface area contributed by atoms with Gasteiger partial charge in [-0.3, -0.25) is 19.2 Å². The first-order chi connectivity index (χ1) is 12.3. The van der Waals surface area contributed by atoms with Crippen LogP contribution in [0.5, 0.6) is 0 Å². The van der Waals surface area contributed by atoms with Gasteiger partial charge in [-0.25, -0.2) is 4.79 Å². The molecule has 3 atom stereocenters. The summed E-state index contributed by atoms with van der Waals surface area (Å²) in [4.78, 5) is 52.6. The molecule has 0 spiro atoms. The highest BCUT2D eigenvalue weighted by molar-refractivity contribution is 5.94. The van der Waals surface area contributed by atoms with Crippen LogP contribution in [0.3, 0.4) is 0 Å². The molecule has 0 aromatic heterocycles. The first-order valence-electron chi connectivity index (χ1n) is 7.81. The number of aliphatic hydroxyl groups is 1. The molecule has 2 amide bonds. The first-order valence-corrected chi connectivity index (χ1v) is 7.81.